The molecule has 2 fully saturated rings. The van der Waals surface area contributed by atoms with Crippen molar-refractivity contribution in [1.82, 2.24) is 10.2 Å². The number of carbonyl (C=O) groups excluding carboxylic acids is 2. The maximum Gasteiger partial charge on any atom is 0.313 e. The molecule has 2 heterocycles. The summed E-state index contributed by atoms with van der Waals surface area (Å²) in [5, 5.41) is 5.41. The summed E-state index contributed by atoms with van der Waals surface area (Å²) in [5.41, 5.74) is 1.61. The van der Waals surface area contributed by atoms with Crippen LogP contribution in [-0.2, 0) is 19.1 Å². The van der Waals surface area contributed by atoms with Gasteiger partial charge in [0.25, 0.3) is 0 Å². The third-order valence-electron chi connectivity index (χ3n) is 5.28. The molecule has 1 atom stereocenters. The van der Waals surface area contributed by atoms with Gasteiger partial charge in [-0.2, -0.15) is 0 Å². The fraction of sp³-hybridized carbons (Fsp3) is 0.619. The average molecular weight is 405 g/mol. The van der Waals surface area contributed by atoms with Gasteiger partial charge in [-0.1, -0.05) is 12.1 Å². The van der Waals surface area contributed by atoms with Gasteiger partial charge in [-0.25, -0.2) is 0 Å². The Morgan fingerprint density at radius 1 is 1.17 bits per heavy atom. The lowest BCUT2D eigenvalue weighted by atomic mass is 10.2. The smallest absolute Gasteiger partial charge is 0.313 e. The minimum Gasteiger partial charge on any atom is -0.379 e. The summed E-state index contributed by atoms with van der Waals surface area (Å²) in [4.78, 5) is 28.9. The molecule has 0 spiro atoms. The third kappa shape index (κ3) is 6.69. The molecule has 160 valence electrons. The molecular weight excluding hydrogens is 372 g/mol. The van der Waals surface area contributed by atoms with Gasteiger partial charge in [0.15, 0.2) is 0 Å². The average Bonchev–Trinajstić information content (AvgIpc) is 3.25. The Hall–Kier alpha value is -2.16. The SMILES string of the molecule is CN1CCN(c2ccccc2NC(=O)C(=O)NCCCOC[C@@H]2CCCO2)CC1. The first-order chi connectivity index (χ1) is 14.1. The molecule has 8 nitrogen and oxygen atoms in total. The van der Waals surface area contributed by atoms with Gasteiger partial charge in [-0.3, -0.25) is 9.59 Å². The largest absolute Gasteiger partial charge is 0.379 e. The van der Waals surface area contributed by atoms with Crippen molar-refractivity contribution >= 4 is 23.2 Å². The summed E-state index contributed by atoms with van der Waals surface area (Å²) >= 11 is 0. The lowest BCUT2D eigenvalue weighted by Gasteiger charge is -2.35. The Kier molecular flexibility index (Phi) is 8.27. The van der Waals surface area contributed by atoms with E-state index in [1.165, 1.54) is 0 Å². The van der Waals surface area contributed by atoms with Crippen LogP contribution in [0.25, 0.3) is 0 Å². The number of benzene rings is 1. The van der Waals surface area contributed by atoms with E-state index in [4.69, 9.17) is 9.47 Å². The van der Waals surface area contributed by atoms with Crippen molar-refractivity contribution in [3.63, 3.8) is 0 Å². The van der Waals surface area contributed by atoms with Crippen molar-refractivity contribution in [1.29, 1.82) is 0 Å². The van der Waals surface area contributed by atoms with E-state index in [2.05, 4.69) is 27.5 Å². The molecule has 2 aliphatic rings. The maximum absolute atomic E-state index is 12.3. The molecular formula is C21H32N4O4. The zero-order chi connectivity index (χ0) is 20.5. The van der Waals surface area contributed by atoms with E-state index in [-0.39, 0.29) is 6.10 Å². The van der Waals surface area contributed by atoms with Crippen LogP contribution in [0.3, 0.4) is 0 Å². The molecule has 2 N–H and O–H groups in total. The van der Waals surface area contributed by atoms with Crippen molar-refractivity contribution in [2.24, 2.45) is 0 Å². The van der Waals surface area contributed by atoms with Crippen LogP contribution < -0.4 is 15.5 Å². The molecule has 0 bridgehead atoms. The lowest BCUT2D eigenvalue weighted by Crippen LogP contribution is -2.45. The van der Waals surface area contributed by atoms with Crippen molar-refractivity contribution in [2.75, 3.05) is 69.8 Å². The van der Waals surface area contributed by atoms with E-state index in [9.17, 15) is 9.59 Å². The summed E-state index contributed by atoms with van der Waals surface area (Å²) in [6, 6.07) is 7.61. The number of ether oxygens (including phenoxy) is 2. The zero-order valence-electron chi connectivity index (χ0n) is 17.2. The molecule has 1 aromatic carbocycles. The predicted molar refractivity (Wildman–Crippen MR) is 112 cm³/mol. The number of hydrogen-bond donors (Lipinski definition) is 2. The molecule has 0 aliphatic carbocycles. The number of nitrogens with zero attached hydrogens (tertiary/aromatic N) is 2. The van der Waals surface area contributed by atoms with Crippen molar-refractivity contribution < 1.29 is 19.1 Å². The second-order valence-electron chi connectivity index (χ2n) is 7.58. The van der Waals surface area contributed by atoms with Crippen LogP contribution in [-0.4, -0.2) is 82.4 Å². The van der Waals surface area contributed by atoms with Gasteiger partial charge in [0.1, 0.15) is 0 Å². The number of nitrogens with one attached hydrogen (secondary N) is 2. The van der Waals surface area contributed by atoms with Gasteiger partial charge in [0.05, 0.1) is 24.1 Å². The maximum atomic E-state index is 12.3. The molecule has 0 unspecified atom stereocenters. The summed E-state index contributed by atoms with van der Waals surface area (Å²) < 4.78 is 11.1. The van der Waals surface area contributed by atoms with E-state index in [0.29, 0.717) is 31.9 Å². The highest BCUT2D eigenvalue weighted by Crippen LogP contribution is 2.26. The fourth-order valence-corrected chi connectivity index (χ4v) is 3.53. The van der Waals surface area contributed by atoms with E-state index in [1.807, 2.05) is 24.3 Å². The first-order valence-corrected chi connectivity index (χ1v) is 10.4. The summed E-state index contributed by atoms with van der Waals surface area (Å²) in [6.07, 6.45) is 3.00. The van der Waals surface area contributed by atoms with Crippen molar-refractivity contribution in [2.45, 2.75) is 25.4 Å². The number of hydrogen-bond acceptors (Lipinski definition) is 6. The first kappa shape index (κ1) is 21.5. The lowest BCUT2D eigenvalue weighted by molar-refractivity contribution is -0.136. The fourth-order valence-electron chi connectivity index (χ4n) is 3.53. The van der Waals surface area contributed by atoms with Gasteiger partial charge >= 0.3 is 11.8 Å². The molecule has 1 aromatic rings. The number of likely N-dealkylation sites (N-methyl/N-ethyl adjacent to an activating group) is 1. The Morgan fingerprint density at radius 3 is 2.72 bits per heavy atom. The van der Waals surface area contributed by atoms with Gasteiger partial charge in [-0.05, 0) is 38.4 Å². The standard InChI is InChI=1S/C21H32N4O4/c1-24-10-12-25(13-11-24)19-8-3-2-7-18(19)23-21(27)20(26)22-9-5-14-28-16-17-6-4-15-29-17/h2-3,7-8,17H,4-6,9-16H2,1H3,(H,22,26)(H,23,27)/t17-/m0/s1. The van der Waals surface area contributed by atoms with Crippen LogP contribution >= 0.6 is 0 Å². The Balaban J connectivity index is 1.38. The second-order valence-corrected chi connectivity index (χ2v) is 7.58. The topological polar surface area (TPSA) is 83.1 Å². The molecule has 2 amide bonds. The van der Waals surface area contributed by atoms with Gasteiger partial charge < -0.3 is 29.9 Å². The number of para-hydroxylation sites is 2. The van der Waals surface area contributed by atoms with Gasteiger partial charge in [0, 0.05) is 45.9 Å². The van der Waals surface area contributed by atoms with Crippen LogP contribution in [0.1, 0.15) is 19.3 Å². The first-order valence-electron chi connectivity index (χ1n) is 10.4. The number of rotatable bonds is 8. The molecule has 2 aliphatic heterocycles. The Morgan fingerprint density at radius 2 is 1.97 bits per heavy atom. The van der Waals surface area contributed by atoms with Crippen molar-refractivity contribution in [3.05, 3.63) is 24.3 Å². The Bertz CT molecular complexity index is 670. The quantitative estimate of drug-likeness (QED) is 0.498. The molecule has 0 radical (unpaired) electrons. The molecule has 29 heavy (non-hydrogen) atoms. The van der Waals surface area contributed by atoms with Gasteiger partial charge in [-0.15, -0.1) is 0 Å². The van der Waals surface area contributed by atoms with Crippen LogP contribution in [0.15, 0.2) is 24.3 Å². The van der Waals surface area contributed by atoms with Crippen LogP contribution in [0.4, 0.5) is 11.4 Å². The second kappa shape index (κ2) is 11.1. The molecule has 8 heteroatoms. The number of carbonyl (C=O) groups is 2. The van der Waals surface area contributed by atoms with Crippen LogP contribution in [0, 0.1) is 0 Å². The zero-order valence-corrected chi connectivity index (χ0v) is 17.2. The Labute approximate surface area is 172 Å². The van der Waals surface area contributed by atoms with E-state index >= 15 is 0 Å². The predicted octanol–water partition coefficient (Wildman–Crippen LogP) is 1.08. The third-order valence-corrected chi connectivity index (χ3v) is 5.28. The monoisotopic (exact) mass is 404 g/mol. The summed E-state index contributed by atoms with van der Waals surface area (Å²) in [5.74, 6) is -1.27. The van der Waals surface area contributed by atoms with Crippen LogP contribution in [0.2, 0.25) is 0 Å². The number of anilines is 2. The summed E-state index contributed by atoms with van der Waals surface area (Å²) in [7, 11) is 2.10. The highest BCUT2D eigenvalue weighted by atomic mass is 16.5. The molecule has 0 saturated carbocycles. The number of amides is 2. The molecule has 2 saturated heterocycles. The van der Waals surface area contributed by atoms with E-state index in [0.717, 1.165) is 51.3 Å². The molecule has 0 aromatic heterocycles. The summed E-state index contributed by atoms with van der Waals surface area (Å²) in [6.45, 7) is 6.07. The van der Waals surface area contributed by atoms with Gasteiger partial charge in [0.2, 0.25) is 0 Å². The highest BCUT2D eigenvalue weighted by Gasteiger charge is 2.20. The van der Waals surface area contributed by atoms with E-state index in [1.54, 1.807) is 0 Å². The van der Waals surface area contributed by atoms with Crippen molar-refractivity contribution in [3.8, 4) is 0 Å². The minimum atomic E-state index is -0.646. The highest BCUT2D eigenvalue weighted by molar-refractivity contribution is 6.39. The van der Waals surface area contributed by atoms with E-state index < -0.39 is 11.8 Å². The number of piperazine rings is 1. The van der Waals surface area contributed by atoms with Crippen LogP contribution in [0.5, 0.6) is 0 Å². The minimum absolute atomic E-state index is 0.204. The molecule has 3 rings (SSSR count). The normalized spacial score (nSPS) is 19.9.